The Labute approximate surface area is 157 Å². The highest BCUT2D eigenvalue weighted by Crippen LogP contribution is 2.27. The first-order chi connectivity index (χ1) is 12.8. The van der Waals surface area contributed by atoms with Crippen LogP contribution in [0.25, 0.3) is 22.4 Å². The lowest BCUT2D eigenvalue weighted by Gasteiger charge is -2.05. The molecule has 2 aromatic carbocycles. The van der Waals surface area contributed by atoms with E-state index < -0.39 is 15.8 Å². The summed E-state index contributed by atoms with van der Waals surface area (Å²) in [6, 6.07) is 14.4. The fraction of sp³-hybridized carbons (Fsp3) is 0.200. The number of hydrogen-bond donors (Lipinski definition) is 1. The molecule has 7 heteroatoms. The molecule has 0 radical (unpaired) electrons. The number of carboxylic acids is 1. The summed E-state index contributed by atoms with van der Waals surface area (Å²) >= 11 is 0. The van der Waals surface area contributed by atoms with Crippen molar-refractivity contribution in [2.45, 2.75) is 24.2 Å². The van der Waals surface area contributed by atoms with Crippen molar-refractivity contribution in [1.29, 1.82) is 0 Å². The van der Waals surface area contributed by atoms with Gasteiger partial charge < -0.3 is 9.52 Å². The second-order valence-corrected chi connectivity index (χ2v) is 8.27. The second kappa shape index (κ2) is 7.75. The van der Waals surface area contributed by atoms with E-state index in [0.29, 0.717) is 24.4 Å². The van der Waals surface area contributed by atoms with Crippen LogP contribution in [0.4, 0.5) is 0 Å². The van der Waals surface area contributed by atoms with E-state index in [9.17, 15) is 13.2 Å². The summed E-state index contributed by atoms with van der Waals surface area (Å²) in [7, 11) is -3.22. The molecule has 0 atom stereocenters. The molecule has 0 fully saturated rings. The molecule has 0 saturated carbocycles. The second-order valence-electron chi connectivity index (χ2n) is 6.25. The van der Waals surface area contributed by atoms with Gasteiger partial charge in [0.1, 0.15) is 12.0 Å². The number of benzene rings is 2. The van der Waals surface area contributed by atoms with Crippen LogP contribution in [-0.2, 0) is 21.1 Å². The van der Waals surface area contributed by atoms with Gasteiger partial charge in [-0.05, 0) is 35.7 Å². The maximum atomic E-state index is 11.6. The van der Waals surface area contributed by atoms with Gasteiger partial charge in [-0.25, -0.2) is 13.4 Å². The number of rotatable bonds is 7. The van der Waals surface area contributed by atoms with Gasteiger partial charge >= 0.3 is 5.97 Å². The molecule has 0 amide bonds. The van der Waals surface area contributed by atoms with Crippen molar-refractivity contribution < 1.29 is 22.7 Å². The predicted molar refractivity (Wildman–Crippen MR) is 101 cm³/mol. The van der Waals surface area contributed by atoms with Crippen LogP contribution in [0.15, 0.2) is 64.1 Å². The number of aromatic nitrogens is 1. The van der Waals surface area contributed by atoms with E-state index >= 15 is 0 Å². The maximum absolute atomic E-state index is 11.6. The summed E-state index contributed by atoms with van der Waals surface area (Å²) in [5.74, 6) is -0.328. The minimum Gasteiger partial charge on any atom is -0.481 e. The average Bonchev–Trinajstić information content (AvgIpc) is 3.10. The molecule has 27 heavy (non-hydrogen) atoms. The zero-order chi connectivity index (χ0) is 19.4. The molecule has 1 aromatic heterocycles. The van der Waals surface area contributed by atoms with Gasteiger partial charge in [0.15, 0.2) is 15.7 Å². The van der Waals surface area contributed by atoms with Gasteiger partial charge in [0.05, 0.1) is 4.90 Å². The Balaban J connectivity index is 1.80. The molecule has 3 rings (SSSR count). The first-order valence-electron chi connectivity index (χ1n) is 8.40. The summed E-state index contributed by atoms with van der Waals surface area (Å²) in [5.41, 5.74) is 3.38. The van der Waals surface area contributed by atoms with E-state index in [0.717, 1.165) is 16.7 Å². The Hall–Kier alpha value is -2.93. The Kier molecular flexibility index (Phi) is 5.41. The highest BCUT2D eigenvalue weighted by molar-refractivity contribution is 7.90. The van der Waals surface area contributed by atoms with Gasteiger partial charge in [-0.2, -0.15) is 0 Å². The van der Waals surface area contributed by atoms with E-state index in [-0.39, 0.29) is 11.3 Å². The monoisotopic (exact) mass is 385 g/mol. The van der Waals surface area contributed by atoms with Crippen LogP contribution in [0.1, 0.15) is 18.7 Å². The Morgan fingerprint density at radius 1 is 1.07 bits per heavy atom. The highest BCUT2D eigenvalue weighted by Gasteiger charge is 2.10. The third-order valence-corrected chi connectivity index (χ3v) is 5.24. The number of hydrogen-bond acceptors (Lipinski definition) is 5. The van der Waals surface area contributed by atoms with Crippen molar-refractivity contribution >= 4 is 15.8 Å². The van der Waals surface area contributed by atoms with Crippen molar-refractivity contribution in [3.63, 3.8) is 0 Å². The molecule has 0 bridgehead atoms. The number of aryl methyl sites for hydroxylation is 1. The number of carboxylic acid groups (broad SMARTS) is 1. The SMILES string of the molecule is CS(=O)(=O)c1ccc(-c2cccc(-c3coc(CCCC(=O)O)n3)c2)cc1. The normalized spacial score (nSPS) is 11.4. The molecule has 0 spiro atoms. The van der Waals surface area contributed by atoms with Crippen molar-refractivity contribution in [3.8, 4) is 22.4 Å². The molecule has 1 heterocycles. The molecular weight excluding hydrogens is 366 g/mol. The lowest BCUT2D eigenvalue weighted by atomic mass is 10.0. The number of nitrogens with zero attached hydrogens (tertiary/aromatic N) is 1. The van der Waals surface area contributed by atoms with E-state index in [2.05, 4.69) is 4.98 Å². The molecule has 3 aromatic rings. The average molecular weight is 385 g/mol. The summed E-state index contributed by atoms with van der Waals surface area (Å²) < 4.78 is 28.6. The zero-order valence-electron chi connectivity index (χ0n) is 14.8. The van der Waals surface area contributed by atoms with Crippen LogP contribution in [0, 0.1) is 0 Å². The number of sulfone groups is 1. The van der Waals surface area contributed by atoms with E-state index in [1.807, 2.05) is 24.3 Å². The first-order valence-corrected chi connectivity index (χ1v) is 10.3. The highest BCUT2D eigenvalue weighted by atomic mass is 32.2. The largest absolute Gasteiger partial charge is 0.481 e. The summed E-state index contributed by atoms with van der Waals surface area (Å²) in [4.78, 5) is 15.3. The predicted octanol–water partition coefficient (Wildman–Crippen LogP) is 3.82. The number of aliphatic carboxylic acids is 1. The Morgan fingerprint density at radius 3 is 2.44 bits per heavy atom. The van der Waals surface area contributed by atoms with Crippen LogP contribution in [-0.4, -0.2) is 30.7 Å². The number of carbonyl (C=O) groups is 1. The third-order valence-electron chi connectivity index (χ3n) is 4.11. The van der Waals surface area contributed by atoms with Gasteiger partial charge in [-0.15, -0.1) is 0 Å². The molecule has 1 N–H and O–H groups in total. The van der Waals surface area contributed by atoms with Gasteiger partial charge in [-0.3, -0.25) is 4.79 Å². The fourth-order valence-electron chi connectivity index (χ4n) is 2.70. The molecule has 0 aliphatic heterocycles. The van der Waals surface area contributed by atoms with Gasteiger partial charge in [0, 0.05) is 24.7 Å². The van der Waals surface area contributed by atoms with Crippen molar-refractivity contribution in [3.05, 3.63) is 60.7 Å². The summed E-state index contributed by atoms with van der Waals surface area (Å²) in [6.07, 6.45) is 3.76. The third kappa shape index (κ3) is 4.83. The lowest BCUT2D eigenvalue weighted by molar-refractivity contribution is -0.137. The molecule has 0 saturated heterocycles. The number of oxazole rings is 1. The fourth-order valence-corrected chi connectivity index (χ4v) is 3.33. The van der Waals surface area contributed by atoms with Crippen LogP contribution >= 0.6 is 0 Å². The van der Waals surface area contributed by atoms with E-state index in [1.165, 1.54) is 6.26 Å². The lowest BCUT2D eigenvalue weighted by Crippen LogP contribution is -1.96. The van der Waals surface area contributed by atoms with Gasteiger partial charge in [0.2, 0.25) is 0 Å². The van der Waals surface area contributed by atoms with Crippen molar-refractivity contribution in [2.24, 2.45) is 0 Å². The van der Waals surface area contributed by atoms with Gasteiger partial charge in [0.25, 0.3) is 0 Å². The van der Waals surface area contributed by atoms with Crippen LogP contribution < -0.4 is 0 Å². The maximum Gasteiger partial charge on any atom is 0.303 e. The minimum atomic E-state index is -3.22. The summed E-state index contributed by atoms with van der Waals surface area (Å²) in [6.45, 7) is 0. The quantitative estimate of drug-likeness (QED) is 0.664. The molecule has 0 unspecified atom stereocenters. The molecule has 6 nitrogen and oxygen atoms in total. The smallest absolute Gasteiger partial charge is 0.303 e. The Morgan fingerprint density at radius 2 is 1.78 bits per heavy atom. The molecule has 0 aliphatic rings. The van der Waals surface area contributed by atoms with Gasteiger partial charge in [-0.1, -0.05) is 30.3 Å². The standard InChI is InChI=1S/C20H19NO5S/c1-27(24,25)17-10-8-14(9-11-17)15-4-2-5-16(12-15)18-13-26-19(21-18)6-3-7-20(22)23/h2,4-5,8-13H,3,6-7H2,1H3,(H,22,23). The molecule has 0 aliphatic carbocycles. The van der Waals surface area contributed by atoms with Crippen LogP contribution in [0.3, 0.4) is 0 Å². The molecule has 140 valence electrons. The van der Waals surface area contributed by atoms with Crippen molar-refractivity contribution in [2.75, 3.05) is 6.26 Å². The van der Waals surface area contributed by atoms with Crippen LogP contribution in [0.5, 0.6) is 0 Å². The van der Waals surface area contributed by atoms with Crippen LogP contribution in [0.2, 0.25) is 0 Å². The van der Waals surface area contributed by atoms with Crippen molar-refractivity contribution in [1.82, 2.24) is 4.98 Å². The first kappa shape index (κ1) is 18.8. The molecular formula is C20H19NO5S. The topological polar surface area (TPSA) is 97.5 Å². The summed E-state index contributed by atoms with van der Waals surface area (Å²) in [5, 5.41) is 8.69. The zero-order valence-corrected chi connectivity index (χ0v) is 15.6. The van der Waals surface area contributed by atoms with E-state index in [4.69, 9.17) is 9.52 Å². The van der Waals surface area contributed by atoms with E-state index in [1.54, 1.807) is 30.5 Å². The minimum absolute atomic E-state index is 0.0800. The Bertz CT molecular complexity index is 1050.